The number of nitrogens with zero attached hydrogens (tertiary/aromatic N) is 3. The van der Waals surface area contributed by atoms with Gasteiger partial charge in [0.15, 0.2) is 5.11 Å². The van der Waals surface area contributed by atoms with Crippen molar-refractivity contribution in [2.75, 3.05) is 50.1 Å². The van der Waals surface area contributed by atoms with Crippen LogP contribution in [-0.2, 0) is 9.59 Å². The van der Waals surface area contributed by atoms with Crippen LogP contribution in [0.25, 0.3) is 0 Å². The number of rotatable bonds is 11. The summed E-state index contributed by atoms with van der Waals surface area (Å²) in [6, 6.07) is 11.7. The van der Waals surface area contributed by atoms with Gasteiger partial charge in [0.1, 0.15) is 17.5 Å². The summed E-state index contributed by atoms with van der Waals surface area (Å²) in [7, 11) is 1.54. The zero-order valence-corrected chi connectivity index (χ0v) is 24.4. The number of hydrogen-bond acceptors (Lipinski definition) is 6. The Morgan fingerprint density at radius 3 is 2.49 bits per heavy atom. The smallest absolute Gasteiger partial charge is 0.256 e. The summed E-state index contributed by atoms with van der Waals surface area (Å²) in [6.45, 7) is 8.34. The minimum Gasteiger partial charge on any atom is -0.495 e. The van der Waals surface area contributed by atoms with Crippen molar-refractivity contribution in [1.29, 1.82) is 0 Å². The molecule has 2 aliphatic rings. The fourth-order valence-electron chi connectivity index (χ4n) is 4.90. The molecule has 0 spiro atoms. The highest BCUT2D eigenvalue weighted by Gasteiger charge is 2.44. The summed E-state index contributed by atoms with van der Waals surface area (Å²) >= 11 is 12.2. The third kappa shape index (κ3) is 7.21. The average Bonchev–Trinajstić information content (AvgIpc) is 3.16. The number of hydrogen-bond donors (Lipinski definition) is 1. The Balaban J connectivity index is 1.49. The second-order valence-corrected chi connectivity index (χ2v) is 10.9. The number of benzene rings is 2. The van der Waals surface area contributed by atoms with E-state index in [0.29, 0.717) is 40.4 Å². The first kappa shape index (κ1) is 29.1. The van der Waals surface area contributed by atoms with E-state index in [1.54, 1.807) is 30.3 Å². The van der Waals surface area contributed by atoms with Gasteiger partial charge in [0.25, 0.3) is 5.91 Å². The second kappa shape index (κ2) is 13.5. The SMILES string of the molecule is CCCOc1ccc(NC(=O)C[C@H]2C(=O)N(c3ccc(OC)c(Cl)c3)C(=S)N2CCN2CCC(C)CC2)cc1. The molecule has 0 unspecified atom stereocenters. The van der Waals surface area contributed by atoms with Crippen LogP contribution >= 0.6 is 23.8 Å². The third-order valence-corrected chi connectivity index (χ3v) is 7.95. The van der Waals surface area contributed by atoms with Crippen molar-refractivity contribution in [3.8, 4) is 11.5 Å². The predicted octanol–water partition coefficient (Wildman–Crippen LogP) is 5.20. The van der Waals surface area contributed by atoms with Crippen LogP contribution in [0.2, 0.25) is 5.02 Å². The molecule has 0 aliphatic carbocycles. The maximum atomic E-state index is 13.7. The summed E-state index contributed by atoms with van der Waals surface area (Å²) in [4.78, 5) is 32.6. The Morgan fingerprint density at radius 2 is 1.85 bits per heavy atom. The normalized spacial score (nSPS) is 18.5. The number of carbonyl (C=O) groups is 2. The van der Waals surface area contributed by atoms with E-state index in [0.717, 1.165) is 50.6 Å². The molecule has 2 aliphatic heterocycles. The highest BCUT2D eigenvalue weighted by atomic mass is 35.5. The van der Waals surface area contributed by atoms with Gasteiger partial charge in [0.2, 0.25) is 5.91 Å². The first-order valence-corrected chi connectivity index (χ1v) is 14.3. The molecule has 8 nitrogen and oxygen atoms in total. The van der Waals surface area contributed by atoms with E-state index in [1.165, 1.54) is 12.0 Å². The number of anilines is 2. The largest absolute Gasteiger partial charge is 0.495 e. The van der Waals surface area contributed by atoms with Crippen LogP contribution in [-0.4, -0.2) is 72.7 Å². The molecule has 4 rings (SSSR count). The number of piperidine rings is 1. The van der Waals surface area contributed by atoms with Crippen molar-refractivity contribution < 1.29 is 19.1 Å². The van der Waals surface area contributed by atoms with Crippen LogP contribution in [0.15, 0.2) is 42.5 Å². The number of likely N-dealkylation sites (tertiary alicyclic amines) is 1. The summed E-state index contributed by atoms with van der Waals surface area (Å²) in [5.41, 5.74) is 1.20. The van der Waals surface area contributed by atoms with E-state index in [-0.39, 0.29) is 18.2 Å². The first-order chi connectivity index (χ1) is 18.8. The molecule has 0 aromatic heterocycles. The maximum Gasteiger partial charge on any atom is 0.256 e. The zero-order chi connectivity index (χ0) is 27.9. The van der Waals surface area contributed by atoms with Gasteiger partial charge in [-0.3, -0.25) is 14.5 Å². The van der Waals surface area contributed by atoms with E-state index in [4.69, 9.17) is 33.3 Å². The van der Waals surface area contributed by atoms with Crippen molar-refractivity contribution in [2.45, 2.75) is 45.6 Å². The van der Waals surface area contributed by atoms with Crippen molar-refractivity contribution in [3.05, 3.63) is 47.5 Å². The van der Waals surface area contributed by atoms with Crippen molar-refractivity contribution in [2.24, 2.45) is 5.92 Å². The molecule has 210 valence electrons. The number of ether oxygens (including phenoxy) is 2. The van der Waals surface area contributed by atoms with E-state index in [1.807, 2.05) is 24.0 Å². The monoisotopic (exact) mass is 572 g/mol. The van der Waals surface area contributed by atoms with Crippen LogP contribution in [0.1, 0.15) is 39.5 Å². The summed E-state index contributed by atoms with van der Waals surface area (Å²) in [5.74, 6) is 1.49. The first-order valence-electron chi connectivity index (χ1n) is 13.5. The minimum atomic E-state index is -0.714. The van der Waals surface area contributed by atoms with Crippen LogP contribution in [0.3, 0.4) is 0 Å². The number of carbonyl (C=O) groups excluding carboxylic acids is 2. The molecule has 2 heterocycles. The second-order valence-electron chi connectivity index (χ2n) is 10.1. The van der Waals surface area contributed by atoms with Gasteiger partial charge in [-0.1, -0.05) is 25.4 Å². The highest BCUT2D eigenvalue weighted by molar-refractivity contribution is 7.80. The zero-order valence-electron chi connectivity index (χ0n) is 22.8. The summed E-state index contributed by atoms with van der Waals surface area (Å²) in [6.07, 6.45) is 3.22. The molecule has 2 aromatic carbocycles. The summed E-state index contributed by atoms with van der Waals surface area (Å²) < 4.78 is 10.9. The minimum absolute atomic E-state index is 0.0233. The molecule has 2 saturated heterocycles. The number of nitrogens with one attached hydrogen (secondary N) is 1. The molecular weight excluding hydrogens is 536 g/mol. The lowest BCUT2D eigenvalue weighted by Crippen LogP contribution is -2.44. The number of halogens is 1. The van der Waals surface area contributed by atoms with Gasteiger partial charge in [-0.25, -0.2) is 0 Å². The van der Waals surface area contributed by atoms with Gasteiger partial charge < -0.3 is 24.6 Å². The quantitative estimate of drug-likeness (QED) is 0.371. The van der Waals surface area contributed by atoms with E-state index in [9.17, 15) is 9.59 Å². The van der Waals surface area contributed by atoms with Crippen LogP contribution in [0.4, 0.5) is 11.4 Å². The van der Waals surface area contributed by atoms with Gasteiger partial charge in [-0.05, 0) is 93.0 Å². The van der Waals surface area contributed by atoms with E-state index < -0.39 is 6.04 Å². The number of amides is 2. The predicted molar refractivity (Wildman–Crippen MR) is 159 cm³/mol. The maximum absolute atomic E-state index is 13.7. The Kier molecular flexibility index (Phi) is 10.0. The molecular formula is C29H37ClN4O4S. The lowest BCUT2D eigenvalue weighted by molar-refractivity contribution is -0.124. The molecule has 2 amide bonds. The molecule has 1 atom stereocenters. The molecule has 0 bridgehead atoms. The van der Waals surface area contributed by atoms with E-state index >= 15 is 0 Å². The molecule has 2 aromatic rings. The van der Waals surface area contributed by atoms with E-state index in [2.05, 4.69) is 17.1 Å². The summed E-state index contributed by atoms with van der Waals surface area (Å²) in [5, 5.41) is 3.67. The standard InChI is InChI=1S/C29H37ClN4O4S/c1-4-17-38-23-8-5-21(6-9-23)31-27(35)19-25-28(36)34(22-7-10-26(37-3)24(30)18-22)29(39)33(25)16-15-32-13-11-20(2)12-14-32/h5-10,18,20,25H,4,11-17,19H2,1-3H3,(H,31,35)/t25-/m0/s1. The molecule has 39 heavy (non-hydrogen) atoms. The molecule has 0 radical (unpaired) electrons. The fourth-order valence-corrected chi connectivity index (χ4v) is 5.56. The van der Waals surface area contributed by atoms with Crippen LogP contribution in [0, 0.1) is 5.92 Å². The lowest BCUT2D eigenvalue weighted by Gasteiger charge is -2.32. The third-order valence-electron chi connectivity index (χ3n) is 7.24. The molecule has 10 heteroatoms. The molecule has 1 N–H and O–H groups in total. The van der Waals surface area contributed by atoms with Crippen LogP contribution in [0.5, 0.6) is 11.5 Å². The van der Waals surface area contributed by atoms with Crippen LogP contribution < -0.4 is 19.7 Å². The Labute approximate surface area is 241 Å². The molecule has 0 saturated carbocycles. The van der Waals surface area contributed by atoms with Gasteiger partial charge in [-0.15, -0.1) is 0 Å². The van der Waals surface area contributed by atoms with Gasteiger partial charge in [0.05, 0.1) is 30.8 Å². The molecule has 2 fully saturated rings. The van der Waals surface area contributed by atoms with Gasteiger partial charge in [0, 0.05) is 18.8 Å². The van der Waals surface area contributed by atoms with Crippen molar-refractivity contribution in [1.82, 2.24) is 9.80 Å². The Hall–Kier alpha value is -2.88. The van der Waals surface area contributed by atoms with Gasteiger partial charge in [-0.2, -0.15) is 0 Å². The topological polar surface area (TPSA) is 74.3 Å². The van der Waals surface area contributed by atoms with Gasteiger partial charge >= 0.3 is 0 Å². The van der Waals surface area contributed by atoms with Crippen molar-refractivity contribution >= 4 is 52.1 Å². The van der Waals surface area contributed by atoms with Crippen molar-refractivity contribution in [3.63, 3.8) is 0 Å². The lowest BCUT2D eigenvalue weighted by atomic mass is 9.99. The number of thiocarbonyl (C=S) groups is 1. The average molecular weight is 573 g/mol. The Bertz CT molecular complexity index is 1170. The fraction of sp³-hybridized carbons (Fsp3) is 0.483. The Morgan fingerprint density at radius 1 is 1.13 bits per heavy atom. The number of methoxy groups -OCH3 is 1. The highest BCUT2D eigenvalue weighted by Crippen LogP contribution is 2.33.